The molecule has 2 aromatic heterocycles. The van der Waals surface area contributed by atoms with Gasteiger partial charge in [-0.15, -0.1) is 0 Å². The van der Waals surface area contributed by atoms with Gasteiger partial charge in [0.1, 0.15) is 11.2 Å². The maximum Gasteiger partial charge on any atom is 0.221 e. The van der Waals surface area contributed by atoms with Crippen molar-refractivity contribution in [3.63, 3.8) is 0 Å². The van der Waals surface area contributed by atoms with Crippen LogP contribution in [0.15, 0.2) is 66.7 Å². The Balaban J connectivity index is 1.84. The quantitative estimate of drug-likeness (QED) is 0.566. The minimum Gasteiger partial charge on any atom is -0.368 e. The maximum atomic E-state index is 10.9. The molecule has 0 radical (unpaired) electrons. The van der Waals surface area contributed by atoms with Gasteiger partial charge in [0.15, 0.2) is 0 Å². The number of hydrogen-bond acceptors (Lipinski definition) is 5. The molecule has 0 atom stereocenters. The number of carbonyl (C=O) groups is 1. The van der Waals surface area contributed by atoms with Crippen LogP contribution in [0.4, 0.5) is 11.6 Å². The van der Waals surface area contributed by atoms with Crippen LogP contribution in [0.25, 0.3) is 33.5 Å². The standard InChI is InChI=1S/C21H17N5O/c1-26(13-27)16-9-7-14(8-10-16)17-11-12-18-20(23-17)19(25-21(22)24-18)15-5-3-2-4-6-15/h2-13H,1H3,(H2,22,24,25). The van der Waals surface area contributed by atoms with Crippen LogP contribution in [-0.2, 0) is 4.79 Å². The molecule has 6 nitrogen and oxygen atoms in total. The van der Waals surface area contributed by atoms with Crippen LogP contribution in [0.1, 0.15) is 0 Å². The second kappa shape index (κ2) is 6.84. The van der Waals surface area contributed by atoms with Crippen molar-refractivity contribution in [1.82, 2.24) is 15.0 Å². The van der Waals surface area contributed by atoms with Gasteiger partial charge in [-0.3, -0.25) is 4.79 Å². The smallest absolute Gasteiger partial charge is 0.221 e. The summed E-state index contributed by atoms with van der Waals surface area (Å²) in [4.78, 5) is 25.9. The fraction of sp³-hybridized carbons (Fsp3) is 0.0476. The highest BCUT2D eigenvalue weighted by Gasteiger charge is 2.12. The Kier molecular flexibility index (Phi) is 4.22. The number of anilines is 2. The van der Waals surface area contributed by atoms with Crippen LogP contribution in [0.2, 0.25) is 0 Å². The van der Waals surface area contributed by atoms with Crippen molar-refractivity contribution in [2.75, 3.05) is 17.7 Å². The lowest BCUT2D eigenvalue weighted by Crippen LogP contribution is -2.13. The monoisotopic (exact) mass is 355 g/mol. The minimum absolute atomic E-state index is 0.220. The third-order valence-electron chi connectivity index (χ3n) is 4.34. The number of nitrogen functional groups attached to an aromatic ring is 1. The molecule has 0 unspecified atom stereocenters. The zero-order valence-corrected chi connectivity index (χ0v) is 14.7. The number of fused-ring (bicyclic) bond motifs is 1. The van der Waals surface area contributed by atoms with E-state index >= 15 is 0 Å². The summed E-state index contributed by atoms with van der Waals surface area (Å²) < 4.78 is 0. The van der Waals surface area contributed by atoms with E-state index in [9.17, 15) is 4.79 Å². The molecule has 27 heavy (non-hydrogen) atoms. The SMILES string of the molecule is CN(C=O)c1ccc(-c2ccc3nc(N)nc(-c4ccccc4)c3n2)cc1. The first kappa shape index (κ1) is 16.7. The number of pyridine rings is 1. The Hall–Kier alpha value is -3.80. The van der Waals surface area contributed by atoms with Gasteiger partial charge in [-0.25, -0.2) is 15.0 Å². The molecule has 6 heteroatoms. The molecule has 0 saturated heterocycles. The summed E-state index contributed by atoms with van der Waals surface area (Å²) in [7, 11) is 1.71. The van der Waals surface area contributed by atoms with Gasteiger partial charge in [-0.1, -0.05) is 42.5 Å². The Morgan fingerprint density at radius 2 is 1.59 bits per heavy atom. The number of nitrogens with zero attached hydrogens (tertiary/aromatic N) is 4. The van der Waals surface area contributed by atoms with Crippen molar-refractivity contribution in [3.05, 3.63) is 66.7 Å². The number of hydrogen-bond donors (Lipinski definition) is 1. The lowest BCUT2D eigenvalue weighted by molar-refractivity contribution is -0.107. The van der Waals surface area contributed by atoms with Crippen molar-refractivity contribution >= 4 is 29.1 Å². The highest BCUT2D eigenvalue weighted by molar-refractivity contribution is 5.91. The minimum atomic E-state index is 0.220. The van der Waals surface area contributed by atoms with E-state index in [0.717, 1.165) is 28.9 Å². The normalized spacial score (nSPS) is 10.7. The van der Waals surface area contributed by atoms with Crippen molar-refractivity contribution in [3.8, 4) is 22.5 Å². The second-order valence-corrected chi connectivity index (χ2v) is 6.12. The van der Waals surface area contributed by atoms with Crippen LogP contribution in [0.5, 0.6) is 0 Å². The number of carbonyl (C=O) groups excluding carboxylic acids is 1. The average Bonchev–Trinajstić information content (AvgIpc) is 2.73. The van der Waals surface area contributed by atoms with E-state index in [1.165, 1.54) is 4.90 Å². The van der Waals surface area contributed by atoms with Gasteiger partial charge < -0.3 is 10.6 Å². The predicted molar refractivity (Wildman–Crippen MR) is 107 cm³/mol. The van der Waals surface area contributed by atoms with E-state index in [4.69, 9.17) is 10.7 Å². The number of nitrogens with two attached hydrogens (primary N) is 1. The highest BCUT2D eigenvalue weighted by atomic mass is 16.1. The number of rotatable bonds is 4. The molecule has 4 aromatic rings. The van der Waals surface area contributed by atoms with Crippen molar-refractivity contribution in [2.24, 2.45) is 0 Å². The lowest BCUT2D eigenvalue weighted by atomic mass is 10.1. The molecule has 2 aromatic carbocycles. The van der Waals surface area contributed by atoms with E-state index in [2.05, 4.69) is 9.97 Å². The summed E-state index contributed by atoms with van der Waals surface area (Å²) in [5.74, 6) is 0.220. The Morgan fingerprint density at radius 3 is 2.30 bits per heavy atom. The molecule has 0 aliphatic carbocycles. The van der Waals surface area contributed by atoms with Gasteiger partial charge in [0.05, 0.1) is 11.2 Å². The van der Waals surface area contributed by atoms with Crippen LogP contribution < -0.4 is 10.6 Å². The van der Waals surface area contributed by atoms with E-state index in [-0.39, 0.29) is 5.95 Å². The molecule has 0 fully saturated rings. The molecule has 0 bridgehead atoms. The Morgan fingerprint density at radius 1 is 0.852 bits per heavy atom. The molecule has 132 valence electrons. The molecule has 0 saturated carbocycles. The van der Waals surface area contributed by atoms with Crippen LogP contribution in [-0.4, -0.2) is 28.4 Å². The third-order valence-corrected chi connectivity index (χ3v) is 4.34. The molecular weight excluding hydrogens is 338 g/mol. The first-order chi connectivity index (χ1) is 13.2. The van der Waals surface area contributed by atoms with Crippen LogP contribution in [0.3, 0.4) is 0 Å². The summed E-state index contributed by atoms with van der Waals surface area (Å²) >= 11 is 0. The first-order valence-electron chi connectivity index (χ1n) is 8.44. The molecule has 2 heterocycles. The van der Waals surface area contributed by atoms with Gasteiger partial charge in [0, 0.05) is 23.9 Å². The molecule has 2 N–H and O–H groups in total. The summed E-state index contributed by atoms with van der Waals surface area (Å²) in [5, 5.41) is 0. The number of amides is 1. The van der Waals surface area contributed by atoms with Crippen molar-refractivity contribution in [2.45, 2.75) is 0 Å². The zero-order chi connectivity index (χ0) is 18.8. The van der Waals surface area contributed by atoms with Gasteiger partial charge in [-0.2, -0.15) is 0 Å². The third kappa shape index (κ3) is 3.20. The fourth-order valence-corrected chi connectivity index (χ4v) is 2.92. The van der Waals surface area contributed by atoms with Gasteiger partial charge in [0.25, 0.3) is 0 Å². The second-order valence-electron chi connectivity index (χ2n) is 6.12. The largest absolute Gasteiger partial charge is 0.368 e. The Bertz CT molecular complexity index is 1110. The van der Waals surface area contributed by atoms with Crippen LogP contribution >= 0.6 is 0 Å². The average molecular weight is 355 g/mol. The number of benzene rings is 2. The summed E-state index contributed by atoms with van der Waals surface area (Å²) in [6.07, 6.45) is 0.775. The highest BCUT2D eigenvalue weighted by Crippen LogP contribution is 2.28. The van der Waals surface area contributed by atoms with Gasteiger partial charge in [0.2, 0.25) is 12.4 Å². The number of aromatic nitrogens is 3. The fourth-order valence-electron chi connectivity index (χ4n) is 2.92. The van der Waals surface area contributed by atoms with Gasteiger partial charge in [-0.05, 0) is 24.3 Å². The predicted octanol–water partition coefficient (Wildman–Crippen LogP) is 3.53. The molecular formula is C21H17N5O. The lowest BCUT2D eigenvalue weighted by Gasteiger charge is -2.11. The van der Waals surface area contributed by atoms with Crippen molar-refractivity contribution < 1.29 is 4.79 Å². The Labute approximate surface area is 156 Å². The van der Waals surface area contributed by atoms with Crippen LogP contribution in [0, 0.1) is 0 Å². The molecule has 0 aliphatic rings. The first-order valence-corrected chi connectivity index (χ1v) is 8.44. The molecule has 1 amide bonds. The molecule has 4 rings (SSSR count). The van der Waals surface area contributed by atoms with E-state index in [0.29, 0.717) is 16.7 Å². The zero-order valence-electron chi connectivity index (χ0n) is 14.7. The van der Waals surface area contributed by atoms with Gasteiger partial charge >= 0.3 is 0 Å². The topological polar surface area (TPSA) is 85.0 Å². The van der Waals surface area contributed by atoms with Crippen molar-refractivity contribution in [1.29, 1.82) is 0 Å². The summed E-state index contributed by atoms with van der Waals surface area (Å²) in [6.45, 7) is 0. The van der Waals surface area contributed by atoms with E-state index < -0.39 is 0 Å². The summed E-state index contributed by atoms with van der Waals surface area (Å²) in [5.41, 5.74) is 11.5. The van der Waals surface area contributed by atoms with E-state index in [1.54, 1.807) is 7.05 Å². The summed E-state index contributed by atoms with van der Waals surface area (Å²) in [6, 6.07) is 21.2. The maximum absolute atomic E-state index is 10.9. The van der Waals surface area contributed by atoms with E-state index in [1.807, 2.05) is 66.7 Å². The molecule has 0 aliphatic heterocycles. The molecule has 0 spiro atoms.